The van der Waals surface area contributed by atoms with Crippen LogP contribution in [0.15, 0.2) is 18.2 Å². The third kappa shape index (κ3) is 3.43. The SMILES string of the molecule is CN1CCC(COc2ccc(CN)cc2F)CC1. The van der Waals surface area contributed by atoms with E-state index < -0.39 is 0 Å². The van der Waals surface area contributed by atoms with E-state index >= 15 is 0 Å². The van der Waals surface area contributed by atoms with Gasteiger partial charge in [0, 0.05) is 6.54 Å². The summed E-state index contributed by atoms with van der Waals surface area (Å²) in [4.78, 5) is 2.31. The Morgan fingerprint density at radius 2 is 2.11 bits per heavy atom. The van der Waals surface area contributed by atoms with E-state index in [1.807, 2.05) is 6.07 Å². The zero-order valence-electron chi connectivity index (χ0n) is 10.9. The highest BCUT2D eigenvalue weighted by Crippen LogP contribution is 2.21. The second kappa shape index (κ2) is 6.16. The lowest BCUT2D eigenvalue weighted by atomic mass is 9.98. The summed E-state index contributed by atoms with van der Waals surface area (Å²) >= 11 is 0. The number of hydrogen-bond acceptors (Lipinski definition) is 3. The predicted molar refractivity (Wildman–Crippen MR) is 70.0 cm³/mol. The Hall–Kier alpha value is -1.13. The second-order valence-electron chi connectivity index (χ2n) is 5.03. The molecule has 0 spiro atoms. The van der Waals surface area contributed by atoms with Gasteiger partial charge in [-0.05, 0) is 56.6 Å². The van der Waals surface area contributed by atoms with E-state index in [0.29, 0.717) is 24.8 Å². The van der Waals surface area contributed by atoms with E-state index in [4.69, 9.17) is 10.5 Å². The van der Waals surface area contributed by atoms with Crippen molar-refractivity contribution in [3.05, 3.63) is 29.6 Å². The van der Waals surface area contributed by atoms with Gasteiger partial charge in [-0.2, -0.15) is 0 Å². The lowest BCUT2D eigenvalue weighted by Crippen LogP contribution is -2.32. The highest BCUT2D eigenvalue weighted by atomic mass is 19.1. The average molecular weight is 252 g/mol. The van der Waals surface area contributed by atoms with Gasteiger partial charge in [-0.25, -0.2) is 4.39 Å². The zero-order valence-corrected chi connectivity index (χ0v) is 10.9. The Kier molecular flexibility index (Phi) is 4.55. The summed E-state index contributed by atoms with van der Waals surface area (Å²) in [6.45, 7) is 3.16. The molecule has 1 aromatic carbocycles. The summed E-state index contributed by atoms with van der Waals surface area (Å²) in [6, 6.07) is 4.93. The van der Waals surface area contributed by atoms with Crippen molar-refractivity contribution in [2.24, 2.45) is 11.7 Å². The van der Waals surface area contributed by atoms with Crippen molar-refractivity contribution in [2.75, 3.05) is 26.7 Å². The van der Waals surface area contributed by atoms with Gasteiger partial charge >= 0.3 is 0 Å². The van der Waals surface area contributed by atoms with E-state index in [9.17, 15) is 4.39 Å². The summed E-state index contributed by atoms with van der Waals surface area (Å²) < 4.78 is 19.2. The van der Waals surface area contributed by atoms with Gasteiger partial charge in [0.15, 0.2) is 11.6 Å². The van der Waals surface area contributed by atoms with E-state index in [2.05, 4.69) is 11.9 Å². The Labute approximate surface area is 108 Å². The molecule has 0 saturated carbocycles. The number of piperidine rings is 1. The first-order valence-electron chi connectivity index (χ1n) is 6.49. The Morgan fingerprint density at radius 1 is 1.39 bits per heavy atom. The lowest BCUT2D eigenvalue weighted by Gasteiger charge is -2.28. The average Bonchev–Trinajstić information content (AvgIpc) is 2.39. The van der Waals surface area contributed by atoms with Crippen LogP contribution in [0.25, 0.3) is 0 Å². The van der Waals surface area contributed by atoms with Crippen LogP contribution in [-0.4, -0.2) is 31.6 Å². The van der Waals surface area contributed by atoms with Crippen LogP contribution in [-0.2, 0) is 6.54 Å². The van der Waals surface area contributed by atoms with Crippen molar-refractivity contribution in [2.45, 2.75) is 19.4 Å². The van der Waals surface area contributed by atoms with Gasteiger partial charge in [-0.1, -0.05) is 6.07 Å². The summed E-state index contributed by atoms with van der Waals surface area (Å²) in [5.74, 6) is 0.562. The maximum atomic E-state index is 13.7. The third-order valence-electron chi connectivity index (χ3n) is 3.54. The molecular formula is C14H21FN2O. The van der Waals surface area contributed by atoms with Crippen molar-refractivity contribution in [3.8, 4) is 5.75 Å². The molecule has 1 fully saturated rings. The standard InChI is InChI=1S/C14H21FN2O/c1-17-6-4-11(5-7-17)10-18-14-3-2-12(9-16)8-13(14)15/h2-3,8,11H,4-7,9-10,16H2,1H3. The maximum absolute atomic E-state index is 13.7. The van der Waals surface area contributed by atoms with Crippen molar-refractivity contribution < 1.29 is 9.13 Å². The fourth-order valence-corrected chi connectivity index (χ4v) is 2.22. The number of nitrogens with two attached hydrogens (primary N) is 1. The molecule has 18 heavy (non-hydrogen) atoms. The van der Waals surface area contributed by atoms with Crippen LogP contribution in [0.5, 0.6) is 5.75 Å². The molecule has 0 atom stereocenters. The van der Waals surface area contributed by atoms with Gasteiger partial charge < -0.3 is 15.4 Å². The highest BCUT2D eigenvalue weighted by molar-refractivity contribution is 5.29. The molecule has 0 aromatic heterocycles. The van der Waals surface area contributed by atoms with E-state index in [-0.39, 0.29) is 5.82 Å². The lowest BCUT2D eigenvalue weighted by molar-refractivity contribution is 0.157. The Bertz CT molecular complexity index is 389. The summed E-state index contributed by atoms with van der Waals surface area (Å²) in [7, 11) is 2.13. The quantitative estimate of drug-likeness (QED) is 0.891. The van der Waals surface area contributed by atoms with Gasteiger partial charge in [-0.3, -0.25) is 0 Å². The Balaban J connectivity index is 1.86. The first-order valence-corrected chi connectivity index (χ1v) is 6.49. The van der Waals surface area contributed by atoms with Crippen LogP contribution in [0.3, 0.4) is 0 Å². The van der Waals surface area contributed by atoms with Crippen LogP contribution < -0.4 is 10.5 Å². The number of halogens is 1. The maximum Gasteiger partial charge on any atom is 0.165 e. The number of ether oxygens (including phenoxy) is 1. The largest absolute Gasteiger partial charge is 0.490 e. The fourth-order valence-electron chi connectivity index (χ4n) is 2.22. The summed E-state index contributed by atoms with van der Waals surface area (Å²) in [6.07, 6.45) is 2.25. The molecule has 1 heterocycles. The van der Waals surface area contributed by atoms with Crippen LogP contribution in [0.2, 0.25) is 0 Å². The van der Waals surface area contributed by atoms with Gasteiger partial charge in [0.1, 0.15) is 0 Å². The molecule has 0 amide bonds. The molecule has 100 valence electrons. The number of hydrogen-bond donors (Lipinski definition) is 1. The van der Waals surface area contributed by atoms with Crippen molar-refractivity contribution in [1.29, 1.82) is 0 Å². The molecule has 1 saturated heterocycles. The smallest absolute Gasteiger partial charge is 0.165 e. The van der Waals surface area contributed by atoms with Crippen molar-refractivity contribution >= 4 is 0 Å². The minimum atomic E-state index is -0.314. The molecule has 2 rings (SSSR count). The normalized spacial score (nSPS) is 17.9. The number of benzene rings is 1. The first-order chi connectivity index (χ1) is 8.69. The molecular weight excluding hydrogens is 231 g/mol. The molecule has 1 aliphatic rings. The minimum Gasteiger partial charge on any atom is -0.490 e. The van der Waals surface area contributed by atoms with E-state index in [0.717, 1.165) is 31.5 Å². The molecule has 4 heteroatoms. The second-order valence-corrected chi connectivity index (χ2v) is 5.03. The van der Waals surface area contributed by atoms with Gasteiger partial charge in [0.25, 0.3) is 0 Å². The predicted octanol–water partition coefficient (Wildman–Crippen LogP) is 2.00. The number of nitrogens with zero attached hydrogens (tertiary/aromatic N) is 1. The molecule has 0 radical (unpaired) electrons. The van der Waals surface area contributed by atoms with Crippen molar-refractivity contribution in [1.82, 2.24) is 4.90 Å². The molecule has 1 aromatic rings. The van der Waals surface area contributed by atoms with Crippen LogP contribution in [0, 0.1) is 11.7 Å². The van der Waals surface area contributed by atoms with E-state index in [1.54, 1.807) is 6.07 Å². The molecule has 3 nitrogen and oxygen atoms in total. The first kappa shape index (κ1) is 13.3. The molecule has 0 aliphatic carbocycles. The number of likely N-dealkylation sites (tertiary alicyclic amines) is 1. The number of rotatable bonds is 4. The summed E-state index contributed by atoms with van der Waals surface area (Å²) in [5, 5.41) is 0. The minimum absolute atomic E-state index is 0.314. The molecule has 2 N–H and O–H groups in total. The van der Waals surface area contributed by atoms with Gasteiger partial charge in [-0.15, -0.1) is 0 Å². The van der Waals surface area contributed by atoms with Crippen LogP contribution >= 0.6 is 0 Å². The topological polar surface area (TPSA) is 38.5 Å². The molecule has 0 bridgehead atoms. The molecule has 1 aliphatic heterocycles. The Morgan fingerprint density at radius 3 is 2.72 bits per heavy atom. The van der Waals surface area contributed by atoms with Gasteiger partial charge in [0.2, 0.25) is 0 Å². The van der Waals surface area contributed by atoms with Crippen molar-refractivity contribution in [3.63, 3.8) is 0 Å². The van der Waals surface area contributed by atoms with Crippen LogP contribution in [0.1, 0.15) is 18.4 Å². The summed E-state index contributed by atoms with van der Waals surface area (Å²) in [5.41, 5.74) is 6.25. The van der Waals surface area contributed by atoms with Crippen LogP contribution in [0.4, 0.5) is 4.39 Å². The third-order valence-corrected chi connectivity index (χ3v) is 3.54. The van der Waals surface area contributed by atoms with Gasteiger partial charge in [0.05, 0.1) is 6.61 Å². The monoisotopic (exact) mass is 252 g/mol. The highest BCUT2D eigenvalue weighted by Gasteiger charge is 2.17. The fraction of sp³-hybridized carbons (Fsp3) is 0.571. The zero-order chi connectivity index (χ0) is 13.0. The van der Waals surface area contributed by atoms with E-state index in [1.165, 1.54) is 6.07 Å². The molecule has 0 unspecified atom stereocenters.